The molecule has 3 saturated heterocycles. The zero-order valence-electron chi connectivity index (χ0n) is 14.1. The molecule has 7 heteroatoms. The maximum absolute atomic E-state index is 12.5. The average Bonchev–Trinajstić information content (AvgIpc) is 3.11. The van der Waals surface area contributed by atoms with E-state index in [1.165, 1.54) is 37.5 Å². The summed E-state index contributed by atoms with van der Waals surface area (Å²) in [5.41, 5.74) is 0.719. The van der Waals surface area contributed by atoms with Gasteiger partial charge in [0.05, 0.1) is 7.11 Å². The van der Waals surface area contributed by atoms with Gasteiger partial charge in [-0.05, 0) is 56.1 Å². The van der Waals surface area contributed by atoms with E-state index in [0.29, 0.717) is 12.0 Å². The Morgan fingerprint density at radius 1 is 1.32 bits per heavy atom. The average molecular weight is 376 g/mol. The van der Waals surface area contributed by atoms with Gasteiger partial charge < -0.3 is 15.0 Å². The Kier molecular flexibility index (Phi) is 4.96. The summed E-state index contributed by atoms with van der Waals surface area (Å²) in [5.74, 6) is 0.675. The van der Waals surface area contributed by atoms with Crippen LogP contribution in [0.25, 0.3) is 0 Å². The number of nitrogens with zero attached hydrogens (tertiary/aromatic N) is 2. The minimum absolute atomic E-state index is 0.0330. The van der Waals surface area contributed by atoms with Crippen molar-refractivity contribution >= 4 is 29.2 Å². The molecule has 0 spiro atoms. The molecule has 1 N–H and O–H groups in total. The van der Waals surface area contributed by atoms with E-state index in [4.69, 9.17) is 4.74 Å². The lowest BCUT2D eigenvalue weighted by Crippen LogP contribution is -2.57. The molecule has 1 aromatic heterocycles. The van der Waals surface area contributed by atoms with Crippen LogP contribution in [-0.2, 0) is 0 Å². The van der Waals surface area contributed by atoms with Gasteiger partial charge in [0.1, 0.15) is 5.03 Å². The summed E-state index contributed by atoms with van der Waals surface area (Å²) >= 11 is 2.91. The van der Waals surface area contributed by atoms with Gasteiger partial charge in [0.15, 0.2) is 5.06 Å². The van der Waals surface area contributed by atoms with Crippen LogP contribution in [0.3, 0.4) is 0 Å². The Balaban J connectivity index is 1.37. The Labute approximate surface area is 155 Å². The number of carbonyl (C=O) groups is 1. The second-order valence-electron chi connectivity index (χ2n) is 6.53. The standard InChI is InChI=1S/C18H21N3O2S2/c1-23-17-10-16(20-25-17)24-14-4-2-13(3-5-14)18(22)19-15-11-21-8-6-12(15)7-9-21/h2-5,10,12,15H,6-9,11H2,1H3,(H,19,22)/t15-/m0/s1. The molecule has 132 valence electrons. The number of piperidine rings is 3. The van der Waals surface area contributed by atoms with E-state index in [0.717, 1.165) is 27.1 Å². The predicted octanol–water partition coefficient (Wildman–Crippen LogP) is 3.13. The molecule has 0 radical (unpaired) electrons. The van der Waals surface area contributed by atoms with Gasteiger partial charge in [-0.1, -0.05) is 11.8 Å². The number of fused-ring (bicyclic) bond motifs is 3. The van der Waals surface area contributed by atoms with Crippen LogP contribution in [0, 0.1) is 5.92 Å². The SMILES string of the molecule is COc1cc(Sc2ccc(C(=O)N[C@H]3CN4CCC3CC4)cc2)ns1. The van der Waals surface area contributed by atoms with Crippen LogP contribution >= 0.6 is 23.3 Å². The van der Waals surface area contributed by atoms with Crippen LogP contribution in [0.15, 0.2) is 40.3 Å². The van der Waals surface area contributed by atoms with Crippen molar-refractivity contribution in [1.29, 1.82) is 0 Å². The molecule has 0 unspecified atom stereocenters. The number of hydrogen-bond acceptors (Lipinski definition) is 6. The van der Waals surface area contributed by atoms with E-state index >= 15 is 0 Å². The summed E-state index contributed by atoms with van der Waals surface area (Å²) in [6, 6.07) is 9.95. The van der Waals surface area contributed by atoms with Crippen molar-refractivity contribution in [3.8, 4) is 5.06 Å². The van der Waals surface area contributed by atoms with Gasteiger partial charge in [0, 0.05) is 40.6 Å². The van der Waals surface area contributed by atoms with Crippen molar-refractivity contribution in [2.75, 3.05) is 26.7 Å². The number of ether oxygens (including phenoxy) is 1. The minimum atomic E-state index is 0.0330. The molecular formula is C18H21N3O2S2. The largest absolute Gasteiger partial charge is 0.486 e. The van der Waals surface area contributed by atoms with Gasteiger partial charge in [-0.3, -0.25) is 4.79 Å². The lowest BCUT2D eigenvalue weighted by molar-refractivity contribution is 0.0620. The summed E-state index contributed by atoms with van der Waals surface area (Å²) < 4.78 is 9.50. The topological polar surface area (TPSA) is 54.5 Å². The van der Waals surface area contributed by atoms with E-state index in [1.54, 1.807) is 18.9 Å². The van der Waals surface area contributed by atoms with Crippen molar-refractivity contribution in [3.63, 3.8) is 0 Å². The van der Waals surface area contributed by atoms with Crippen LogP contribution in [0.4, 0.5) is 0 Å². The maximum Gasteiger partial charge on any atom is 0.251 e. The highest BCUT2D eigenvalue weighted by molar-refractivity contribution is 7.99. The monoisotopic (exact) mass is 375 g/mol. The number of amides is 1. The molecule has 3 aliphatic heterocycles. The van der Waals surface area contributed by atoms with Crippen LogP contribution in [0.5, 0.6) is 5.06 Å². The second-order valence-corrected chi connectivity index (χ2v) is 8.39. The summed E-state index contributed by atoms with van der Waals surface area (Å²) in [4.78, 5) is 16.1. The Morgan fingerprint density at radius 2 is 2.08 bits per heavy atom. The van der Waals surface area contributed by atoms with Crippen molar-refractivity contribution < 1.29 is 9.53 Å². The molecule has 5 nitrogen and oxygen atoms in total. The number of rotatable bonds is 5. The van der Waals surface area contributed by atoms with Crippen molar-refractivity contribution in [2.24, 2.45) is 5.92 Å². The van der Waals surface area contributed by atoms with Crippen LogP contribution in [-0.4, -0.2) is 48.0 Å². The van der Waals surface area contributed by atoms with E-state index in [9.17, 15) is 4.79 Å². The fraction of sp³-hybridized carbons (Fsp3) is 0.444. The normalized spacial score (nSPS) is 24.9. The van der Waals surface area contributed by atoms with Gasteiger partial charge in [-0.25, -0.2) is 0 Å². The summed E-state index contributed by atoms with van der Waals surface area (Å²) in [7, 11) is 1.64. The maximum atomic E-state index is 12.5. The highest BCUT2D eigenvalue weighted by Gasteiger charge is 2.34. The molecule has 2 aromatic rings. The molecule has 25 heavy (non-hydrogen) atoms. The zero-order valence-corrected chi connectivity index (χ0v) is 15.7. The first-order valence-electron chi connectivity index (χ1n) is 8.53. The molecule has 2 bridgehead atoms. The van der Waals surface area contributed by atoms with E-state index in [1.807, 2.05) is 30.3 Å². The fourth-order valence-corrected chi connectivity index (χ4v) is 5.05. The highest BCUT2D eigenvalue weighted by Crippen LogP contribution is 2.32. The number of hydrogen-bond donors (Lipinski definition) is 1. The van der Waals surface area contributed by atoms with E-state index in [2.05, 4.69) is 14.6 Å². The molecule has 1 atom stereocenters. The Morgan fingerprint density at radius 3 is 2.68 bits per heavy atom. The Bertz CT molecular complexity index is 739. The smallest absolute Gasteiger partial charge is 0.251 e. The van der Waals surface area contributed by atoms with E-state index < -0.39 is 0 Å². The van der Waals surface area contributed by atoms with Crippen LogP contribution in [0.2, 0.25) is 0 Å². The summed E-state index contributed by atoms with van der Waals surface area (Å²) in [5, 5.41) is 4.94. The van der Waals surface area contributed by atoms with Crippen LogP contribution < -0.4 is 10.1 Å². The van der Waals surface area contributed by atoms with Gasteiger partial charge in [0.2, 0.25) is 0 Å². The lowest BCUT2D eigenvalue weighted by Gasteiger charge is -2.44. The third-order valence-electron chi connectivity index (χ3n) is 4.98. The van der Waals surface area contributed by atoms with Crippen molar-refractivity contribution in [3.05, 3.63) is 35.9 Å². The second kappa shape index (κ2) is 7.35. The predicted molar refractivity (Wildman–Crippen MR) is 99.6 cm³/mol. The molecule has 1 aromatic carbocycles. The minimum Gasteiger partial charge on any atom is -0.486 e. The molecule has 3 fully saturated rings. The number of benzene rings is 1. The number of carbonyl (C=O) groups excluding carboxylic acids is 1. The van der Waals surface area contributed by atoms with Crippen molar-refractivity contribution in [1.82, 2.24) is 14.6 Å². The van der Waals surface area contributed by atoms with Gasteiger partial charge in [-0.15, -0.1) is 0 Å². The molecule has 0 aliphatic carbocycles. The number of aromatic nitrogens is 1. The molecule has 4 heterocycles. The first-order valence-corrected chi connectivity index (χ1v) is 10.1. The van der Waals surface area contributed by atoms with Gasteiger partial charge in [0.25, 0.3) is 5.91 Å². The third kappa shape index (κ3) is 3.83. The summed E-state index contributed by atoms with van der Waals surface area (Å²) in [6.45, 7) is 3.37. The summed E-state index contributed by atoms with van der Waals surface area (Å²) in [6.07, 6.45) is 2.41. The van der Waals surface area contributed by atoms with E-state index in [-0.39, 0.29) is 5.91 Å². The first kappa shape index (κ1) is 16.9. The zero-order chi connectivity index (χ0) is 17.2. The molecule has 1 amide bonds. The third-order valence-corrected chi connectivity index (χ3v) is 6.77. The molecule has 5 rings (SSSR count). The fourth-order valence-electron chi connectivity index (χ4n) is 3.56. The number of nitrogens with one attached hydrogen (secondary N) is 1. The highest BCUT2D eigenvalue weighted by atomic mass is 32.2. The lowest BCUT2D eigenvalue weighted by atomic mass is 9.84. The number of methoxy groups -OCH3 is 1. The van der Waals surface area contributed by atoms with Gasteiger partial charge in [-0.2, -0.15) is 4.37 Å². The van der Waals surface area contributed by atoms with Gasteiger partial charge >= 0.3 is 0 Å². The Hall–Kier alpha value is -1.57. The van der Waals surface area contributed by atoms with Crippen LogP contribution in [0.1, 0.15) is 23.2 Å². The quantitative estimate of drug-likeness (QED) is 0.870. The molecular weight excluding hydrogens is 354 g/mol. The van der Waals surface area contributed by atoms with Crippen molar-refractivity contribution in [2.45, 2.75) is 28.8 Å². The molecule has 3 aliphatic rings. The molecule has 0 saturated carbocycles. The first-order chi connectivity index (χ1) is 12.2.